The first kappa shape index (κ1) is 29.2. The average Bonchev–Trinajstić information content (AvgIpc) is 2.99. The van der Waals surface area contributed by atoms with Crippen LogP contribution in [0.2, 0.25) is 0 Å². The van der Waals surface area contributed by atoms with Gasteiger partial charge in [0.2, 0.25) is 11.8 Å². The van der Waals surface area contributed by atoms with Crippen LogP contribution >= 0.6 is 0 Å². The second-order valence-electron chi connectivity index (χ2n) is 11.3. The van der Waals surface area contributed by atoms with E-state index in [1.54, 1.807) is 36.4 Å². The van der Waals surface area contributed by atoms with Crippen molar-refractivity contribution in [3.63, 3.8) is 0 Å². The number of amides is 2. The zero-order valence-corrected chi connectivity index (χ0v) is 23.5. The van der Waals surface area contributed by atoms with E-state index in [1.807, 2.05) is 0 Å². The van der Waals surface area contributed by atoms with Crippen molar-refractivity contribution in [3.05, 3.63) is 46.6 Å². The quantitative estimate of drug-likeness (QED) is 0.239. The van der Waals surface area contributed by atoms with Gasteiger partial charge in [-0.25, -0.2) is 0 Å². The van der Waals surface area contributed by atoms with E-state index in [0.717, 1.165) is 51.6 Å². The van der Waals surface area contributed by atoms with Gasteiger partial charge in [0.25, 0.3) is 0 Å². The molecule has 1 aromatic heterocycles. The van der Waals surface area contributed by atoms with Crippen LogP contribution in [-0.4, -0.2) is 88.3 Å². The molecule has 5 rings (SSSR count). The third kappa shape index (κ3) is 7.13. The van der Waals surface area contributed by atoms with Gasteiger partial charge >= 0.3 is 0 Å². The van der Waals surface area contributed by atoms with Crippen LogP contribution in [-0.2, 0) is 9.59 Å². The number of hydrogen-bond acceptors (Lipinski definition) is 7. The Hall–Kier alpha value is -3.31. The van der Waals surface area contributed by atoms with Gasteiger partial charge in [0, 0.05) is 65.7 Å². The number of aromatic amines is 1. The number of piperidine rings is 2. The average molecular weight is 564 g/mol. The minimum atomic E-state index is -0.151. The number of benzene rings is 2. The number of nitrogens with zero attached hydrogens (tertiary/aromatic N) is 2. The van der Waals surface area contributed by atoms with Gasteiger partial charge in [0.05, 0.1) is 18.7 Å². The number of carbonyl (C=O) groups excluding carboxylic acids is 2. The summed E-state index contributed by atoms with van der Waals surface area (Å²) in [7, 11) is 0. The summed E-state index contributed by atoms with van der Waals surface area (Å²) < 4.78 is 0. The highest BCUT2D eigenvalue weighted by atomic mass is 16.3. The van der Waals surface area contributed by atoms with Gasteiger partial charge in [0.1, 0.15) is 0 Å². The Morgan fingerprint density at radius 2 is 1.32 bits per heavy atom. The number of aromatic nitrogens is 1. The van der Waals surface area contributed by atoms with Crippen molar-refractivity contribution in [2.75, 3.05) is 50.0 Å². The van der Waals surface area contributed by atoms with E-state index in [2.05, 4.69) is 25.4 Å². The molecule has 0 spiro atoms. The fourth-order valence-electron chi connectivity index (χ4n) is 6.19. The summed E-state index contributed by atoms with van der Waals surface area (Å²) >= 11 is 0. The predicted molar refractivity (Wildman–Crippen MR) is 161 cm³/mol. The van der Waals surface area contributed by atoms with E-state index in [4.69, 9.17) is 0 Å². The first-order valence-electron chi connectivity index (χ1n) is 14.8. The zero-order chi connectivity index (χ0) is 28.8. The highest BCUT2D eigenvalue weighted by Crippen LogP contribution is 2.22. The summed E-state index contributed by atoms with van der Waals surface area (Å²) in [6.45, 7) is 3.22. The molecule has 3 aromatic rings. The van der Waals surface area contributed by atoms with Gasteiger partial charge in [0.15, 0.2) is 5.43 Å². The van der Waals surface area contributed by atoms with Crippen LogP contribution in [0.15, 0.2) is 41.2 Å². The Morgan fingerprint density at radius 3 is 1.90 bits per heavy atom. The monoisotopic (exact) mass is 563 g/mol. The van der Waals surface area contributed by atoms with Crippen molar-refractivity contribution < 1.29 is 19.8 Å². The molecular formula is C31H41N5O5. The lowest BCUT2D eigenvalue weighted by atomic mass is 10.0. The number of hydrogen-bond donors (Lipinski definition) is 5. The van der Waals surface area contributed by atoms with Crippen molar-refractivity contribution in [3.8, 4) is 0 Å². The number of nitrogens with one attached hydrogen (secondary N) is 3. The van der Waals surface area contributed by atoms with Crippen molar-refractivity contribution in [2.24, 2.45) is 0 Å². The van der Waals surface area contributed by atoms with Gasteiger partial charge in [-0.15, -0.1) is 0 Å². The predicted octanol–water partition coefficient (Wildman–Crippen LogP) is 3.03. The third-order valence-electron chi connectivity index (χ3n) is 8.54. The van der Waals surface area contributed by atoms with Crippen LogP contribution in [0.1, 0.15) is 51.4 Å². The Morgan fingerprint density at radius 1 is 0.756 bits per heavy atom. The summed E-state index contributed by atoms with van der Waals surface area (Å²) in [5.74, 6) is -0.237. The summed E-state index contributed by atoms with van der Waals surface area (Å²) in [5.41, 5.74) is 2.28. The van der Waals surface area contributed by atoms with Crippen molar-refractivity contribution >= 4 is 45.0 Å². The Balaban J connectivity index is 1.22. The maximum Gasteiger partial charge on any atom is 0.225 e. The summed E-state index contributed by atoms with van der Waals surface area (Å²) in [6, 6.07) is 10.7. The minimum Gasteiger partial charge on any atom is -0.395 e. The molecule has 2 amide bonds. The van der Waals surface area contributed by atoms with E-state index < -0.39 is 0 Å². The van der Waals surface area contributed by atoms with Crippen LogP contribution in [0.5, 0.6) is 0 Å². The van der Waals surface area contributed by atoms with E-state index >= 15 is 0 Å². The van der Waals surface area contributed by atoms with Crippen LogP contribution in [0, 0.1) is 0 Å². The van der Waals surface area contributed by atoms with Gasteiger partial charge < -0.3 is 25.8 Å². The topological polar surface area (TPSA) is 138 Å². The number of rotatable bonds is 10. The van der Waals surface area contributed by atoms with Crippen LogP contribution in [0.3, 0.4) is 0 Å². The lowest BCUT2D eigenvalue weighted by Crippen LogP contribution is -2.43. The van der Waals surface area contributed by atoms with Crippen molar-refractivity contribution in [1.82, 2.24) is 14.8 Å². The van der Waals surface area contributed by atoms with E-state index in [-0.39, 0.29) is 42.5 Å². The summed E-state index contributed by atoms with van der Waals surface area (Å²) in [6.07, 6.45) is 6.95. The maximum absolute atomic E-state index is 13.3. The standard InChI is InChI=1S/C31H41N5O5/c37-19-23-5-1-3-13-35(23)15-11-29(39)32-21-8-10-27-26(17-21)31(41)25-9-7-22(18-28(25)34-27)33-30(40)12-16-36-14-4-2-6-24(36)20-38/h7-10,17-18,23-24,37-38H,1-6,11-16,19-20H2,(H,32,39)(H,33,40)(H,34,41). The highest BCUT2D eigenvalue weighted by molar-refractivity contribution is 5.99. The molecule has 10 heteroatoms. The Labute approximate surface area is 239 Å². The summed E-state index contributed by atoms with van der Waals surface area (Å²) in [4.78, 5) is 46.3. The van der Waals surface area contributed by atoms with E-state index in [1.165, 1.54) is 0 Å². The normalized spacial score (nSPS) is 20.3. The molecule has 3 heterocycles. The third-order valence-corrected chi connectivity index (χ3v) is 8.54. The molecule has 2 aliphatic heterocycles. The van der Waals surface area contributed by atoms with Crippen LogP contribution in [0.4, 0.5) is 11.4 Å². The number of H-pyrrole nitrogens is 1. The van der Waals surface area contributed by atoms with E-state index in [0.29, 0.717) is 59.1 Å². The minimum absolute atomic E-state index is 0.109. The first-order valence-corrected chi connectivity index (χ1v) is 14.8. The molecule has 2 saturated heterocycles. The highest BCUT2D eigenvalue weighted by Gasteiger charge is 2.23. The van der Waals surface area contributed by atoms with Crippen LogP contribution < -0.4 is 16.1 Å². The molecule has 0 aliphatic carbocycles. The van der Waals surface area contributed by atoms with Gasteiger partial charge in [-0.1, -0.05) is 12.8 Å². The number of carbonyl (C=O) groups is 2. The molecule has 10 nitrogen and oxygen atoms in total. The van der Waals surface area contributed by atoms with Gasteiger partial charge in [-0.05, 0) is 75.2 Å². The van der Waals surface area contributed by atoms with Crippen molar-refractivity contribution in [1.29, 1.82) is 0 Å². The second-order valence-corrected chi connectivity index (χ2v) is 11.3. The number of likely N-dealkylation sites (tertiary alicyclic amines) is 2. The molecular weight excluding hydrogens is 522 g/mol. The van der Waals surface area contributed by atoms with Crippen LogP contribution in [0.25, 0.3) is 21.8 Å². The van der Waals surface area contributed by atoms with Gasteiger partial charge in [-0.3, -0.25) is 24.2 Å². The molecule has 2 aliphatic rings. The largest absolute Gasteiger partial charge is 0.395 e. The van der Waals surface area contributed by atoms with E-state index in [9.17, 15) is 24.6 Å². The molecule has 220 valence electrons. The lowest BCUT2D eigenvalue weighted by Gasteiger charge is -2.34. The molecule has 0 bridgehead atoms. The zero-order valence-electron chi connectivity index (χ0n) is 23.5. The Bertz CT molecular complexity index is 1440. The molecule has 0 saturated carbocycles. The summed E-state index contributed by atoms with van der Waals surface area (Å²) in [5, 5.41) is 26.0. The Kier molecular flexibility index (Phi) is 9.66. The number of aliphatic hydroxyl groups excluding tert-OH is 2. The molecule has 5 N–H and O–H groups in total. The molecule has 41 heavy (non-hydrogen) atoms. The fourth-order valence-corrected chi connectivity index (χ4v) is 6.19. The molecule has 2 atom stereocenters. The van der Waals surface area contributed by atoms with Crippen molar-refractivity contribution in [2.45, 2.75) is 63.5 Å². The number of anilines is 2. The molecule has 2 aromatic carbocycles. The maximum atomic E-state index is 13.3. The lowest BCUT2D eigenvalue weighted by molar-refractivity contribution is -0.117. The van der Waals surface area contributed by atoms with Gasteiger partial charge in [-0.2, -0.15) is 0 Å². The molecule has 0 radical (unpaired) electrons. The molecule has 2 unspecified atom stereocenters. The number of aliphatic hydroxyl groups is 2. The SMILES string of the molecule is O=C(CCN1CCCCC1CO)Nc1ccc2c(=O)c3cc(NC(=O)CCN4CCCCC4CO)ccc3[nH]c2c1. The number of pyridine rings is 1. The number of fused-ring (bicyclic) bond motifs is 2. The smallest absolute Gasteiger partial charge is 0.225 e. The molecule has 2 fully saturated rings. The second kappa shape index (κ2) is 13.6. The first-order chi connectivity index (χ1) is 19.9. The fraction of sp³-hybridized carbons (Fsp3) is 0.516.